The van der Waals surface area contributed by atoms with Gasteiger partial charge in [0.05, 0.1) is 17.6 Å². The van der Waals surface area contributed by atoms with Crippen LogP contribution in [0.25, 0.3) is 0 Å². The molecule has 0 unspecified atom stereocenters. The molecule has 3 N–H and O–H groups in total. The number of nitrogens with one attached hydrogen (secondary N) is 1. The number of hydrogen-bond acceptors (Lipinski definition) is 7. The third-order valence-electron chi connectivity index (χ3n) is 4.58. The molecular weight excluding hydrogens is 432 g/mol. The predicted molar refractivity (Wildman–Crippen MR) is 120 cm³/mol. The number of furan rings is 1. The van der Waals surface area contributed by atoms with E-state index in [0.717, 1.165) is 16.9 Å². The van der Waals surface area contributed by atoms with Crippen molar-refractivity contribution in [2.24, 2.45) is 5.73 Å². The lowest BCUT2D eigenvalue weighted by atomic mass is 10.1. The number of allylic oxidation sites excluding steroid dienone is 1. The fourth-order valence-electron chi connectivity index (χ4n) is 3.04. The minimum Gasteiger partial charge on any atom is -0.485 e. The number of benzene rings is 1. The number of hydrogen-bond donors (Lipinski definition) is 2. The first kappa shape index (κ1) is 22.8. The fourth-order valence-corrected chi connectivity index (χ4v) is 4.09. The summed E-state index contributed by atoms with van der Waals surface area (Å²) in [6, 6.07) is 10.7. The van der Waals surface area contributed by atoms with Gasteiger partial charge in [-0.3, -0.25) is 9.59 Å². The number of ether oxygens (including phenoxy) is 2. The van der Waals surface area contributed by atoms with E-state index in [-0.39, 0.29) is 27.8 Å². The molecule has 0 atom stereocenters. The van der Waals surface area contributed by atoms with E-state index in [1.807, 2.05) is 24.3 Å². The van der Waals surface area contributed by atoms with Gasteiger partial charge in [-0.1, -0.05) is 24.3 Å². The fraction of sp³-hybridized carbons (Fsp3) is 0.174. The van der Waals surface area contributed by atoms with Crippen LogP contribution in [0.5, 0.6) is 5.75 Å². The van der Waals surface area contributed by atoms with Crippen molar-refractivity contribution in [3.63, 3.8) is 0 Å². The molecule has 0 spiro atoms. The molecule has 8 nitrogen and oxygen atoms in total. The summed E-state index contributed by atoms with van der Waals surface area (Å²) in [5, 5.41) is 2.75. The van der Waals surface area contributed by atoms with Gasteiger partial charge in [0.1, 0.15) is 23.1 Å². The summed E-state index contributed by atoms with van der Waals surface area (Å²) in [5.41, 5.74) is 6.77. The summed E-state index contributed by atoms with van der Waals surface area (Å²) in [6.07, 6.45) is 2.45. The van der Waals surface area contributed by atoms with Gasteiger partial charge >= 0.3 is 5.97 Å². The van der Waals surface area contributed by atoms with Gasteiger partial charge in [0.2, 0.25) is 0 Å². The van der Waals surface area contributed by atoms with Gasteiger partial charge in [0, 0.05) is 0 Å². The number of rotatable bonds is 9. The Morgan fingerprint density at radius 1 is 1.22 bits per heavy atom. The van der Waals surface area contributed by atoms with E-state index < -0.39 is 17.8 Å². The van der Waals surface area contributed by atoms with Crippen molar-refractivity contribution in [3.05, 3.63) is 82.1 Å². The van der Waals surface area contributed by atoms with Gasteiger partial charge < -0.3 is 24.9 Å². The van der Waals surface area contributed by atoms with Crippen molar-refractivity contribution in [2.45, 2.75) is 20.0 Å². The average molecular weight is 455 g/mol. The molecule has 0 fully saturated rings. The van der Waals surface area contributed by atoms with Crippen LogP contribution in [0.15, 0.2) is 53.5 Å². The topological polar surface area (TPSA) is 121 Å². The third kappa shape index (κ3) is 4.89. The molecule has 166 valence electrons. The number of esters is 1. The first-order valence-electron chi connectivity index (χ1n) is 9.58. The van der Waals surface area contributed by atoms with Crippen LogP contribution < -0.4 is 15.8 Å². The molecule has 2 amide bonds. The minimum atomic E-state index is -0.702. The van der Waals surface area contributed by atoms with Crippen molar-refractivity contribution >= 4 is 34.1 Å². The van der Waals surface area contributed by atoms with E-state index in [1.165, 1.54) is 13.2 Å². The van der Waals surface area contributed by atoms with Gasteiger partial charge in [-0.05, 0) is 42.7 Å². The normalized spacial score (nSPS) is 10.4. The zero-order chi connectivity index (χ0) is 23.3. The summed E-state index contributed by atoms with van der Waals surface area (Å²) in [7, 11) is 1.21. The lowest BCUT2D eigenvalue weighted by Crippen LogP contribution is -2.14. The highest BCUT2D eigenvalue weighted by Crippen LogP contribution is 2.34. The second-order valence-corrected chi connectivity index (χ2v) is 7.75. The van der Waals surface area contributed by atoms with Crippen molar-refractivity contribution < 1.29 is 28.3 Å². The van der Waals surface area contributed by atoms with Gasteiger partial charge in [-0.15, -0.1) is 17.9 Å². The second kappa shape index (κ2) is 9.97. The first-order chi connectivity index (χ1) is 15.3. The number of primary amides is 1. The zero-order valence-electron chi connectivity index (χ0n) is 17.6. The van der Waals surface area contributed by atoms with Crippen LogP contribution >= 0.6 is 11.3 Å². The molecular formula is C23H22N2O6S. The number of nitrogens with two attached hydrogens (primary N) is 1. The summed E-state index contributed by atoms with van der Waals surface area (Å²) in [4.78, 5) is 36.6. The molecule has 0 aliphatic heterocycles. The van der Waals surface area contributed by atoms with Gasteiger partial charge in [0.25, 0.3) is 11.8 Å². The Morgan fingerprint density at radius 2 is 1.97 bits per heavy atom. The van der Waals surface area contributed by atoms with Gasteiger partial charge in [0.15, 0.2) is 5.76 Å². The first-order valence-corrected chi connectivity index (χ1v) is 10.4. The Balaban J connectivity index is 1.74. The number of methoxy groups -OCH3 is 1. The van der Waals surface area contributed by atoms with Crippen LogP contribution in [-0.2, 0) is 17.8 Å². The monoisotopic (exact) mass is 454 g/mol. The second-order valence-electron chi connectivity index (χ2n) is 6.73. The van der Waals surface area contributed by atoms with Crippen molar-refractivity contribution in [3.8, 4) is 5.75 Å². The number of anilines is 1. The standard InChI is InChI=1S/C23H22N2O6S/c1-4-7-14-8-5-6-9-16(14)30-12-15-10-11-17(31-15)21(27)25-22-18(23(28)29-3)13(2)19(32-22)20(24)26/h4-6,8-11H,1,7,12H2,2-3H3,(H2,24,26)(H,25,27). The molecule has 32 heavy (non-hydrogen) atoms. The number of thiophene rings is 1. The van der Waals surface area contributed by atoms with E-state index in [4.69, 9.17) is 19.6 Å². The summed E-state index contributed by atoms with van der Waals surface area (Å²) >= 11 is 0.900. The molecule has 3 rings (SSSR count). The Kier molecular flexibility index (Phi) is 7.11. The Morgan fingerprint density at radius 3 is 2.66 bits per heavy atom. The van der Waals surface area contributed by atoms with Crippen LogP contribution in [0.4, 0.5) is 5.00 Å². The van der Waals surface area contributed by atoms with E-state index in [9.17, 15) is 14.4 Å². The maximum Gasteiger partial charge on any atom is 0.341 e. The number of para-hydroxylation sites is 1. The zero-order valence-corrected chi connectivity index (χ0v) is 18.4. The number of carbonyl (C=O) groups is 3. The lowest BCUT2D eigenvalue weighted by molar-refractivity contribution is 0.0601. The third-order valence-corrected chi connectivity index (χ3v) is 5.80. The van der Waals surface area contributed by atoms with Crippen molar-refractivity contribution in [2.75, 3.05) is 12.4 Å². The van der Waals surface area contributed by atoms with Crippen LogP contribution in [0.1, 0.15) is 47.5 Å². The molecule has 0 aliphatic carbocycles. The molecule has 0 radical (unpaired) electrons. The van der Waals surface area contributed by atoms with Crippen molar-refractivity contribution in [1.29, 1.82) is 0 Å². The molecule has 2 aromatic heterocycles. The molecule has 2 heterocycles. The van der Waals surface area contributed by atoms with E-state index in [0.29, 0.717) is 23.5 Å². The van der Waals surface area contributed by atoms with Crippen LogP contribution in [0.2, 0.25) is 0 Å². The molecule has 9 heteroatoms. The maximum atomic E-state index is 12.7. The minimum absolute atomic E-state index is 0.0190. The van der Waals surface area contributed by atoms with E-state index >= 15 is 0 Å². The molecule has 0 saturated heterocycles. The van der Waals surface area contributed by atoms with Crippen LogP contribution in [0.3, 0.4) is 0 Å². The van der Waals surface area contributed by atoms with Crippen LogP contribution in [-0.4, -0.2) is 24.9 Å². The molecule has 0 aliphatic rings. The Labute approximate surface area is 188 Å². The Hall–Kier alpha value is -3.85. The van der Waals surface area contributed by atoms with Crippen molar-refractivity contribution in [1.82, 2.24) is 0 Å². The Bertz CT molecular complexity index is 1180. The predicted octanol–water partition coefficient (Wildman–Crippen LogP) is 4.09. The maximum absolute atomic E-state index is 12.7. The highest BCUT2D eigenvalue weighted by atomic mass is 32.1. The largest absolute Gasteiger partial charge is 0.485 e. The van der Waals surface area contributed by atoms with E-state index in [2.05, 4.69) is 11.9 Å². The highest BCUT2D eigenvalue weighted by Gasteiger charge is 2.26. The number of carbonyl (C=O) groups excluding carboxylic acids is 3. The lowest BCUT2D eigenvalue weighted by Gasteiger charge is -2.09. The van der Waals surface area contributed by atoms with Gasteiger partial charge in [-0.2, -0.15) is 0 Å². The molecule has 3 aromatic rings. The molecule has 0 bridgehead atoms. The highest BCUT2D eigenvalue weighted by molar-refractivity contribution is 7.18. The average Bonchev–Trinajstić information content (AvgIpc) is 3.37. The summed E-state index contributed by atoms with van der Waals surface area (Å²) < 4.78 is 16.2. The smallest absolute Gasteiger partial charge is 0.341 e. The van der Waals surface area contributed by atoms with E-state index in [1.54, 1.807) is 19.1 Å². The SMILES string of the molecule is C=CCc1ccccc1OCc1ccc(C(=O)Nc2sc(C(N)=O)c(C)c2C(=O)OC)o1. The molecule has 1 aromatic carbocycles. The summed E-state index contributed by atoms with van der Waals surface area (Å²) in [6.45, 7) is 5.42. The number of amides is 2. The summed E-state index contributed by atoms with van der Waals surface area (Å²) in [5.74, 6) is -0.820. The van der Waals surface area contributed by atoms with Crippen LogP contribution in [0, 0.1) is 6.92 Å². The quantitative estimate of drug-likeness (QED) is 0.371. The van der Waals surface area contributed by atoms with Gasteiger partial charge in [-0.25, -0.2) is 4.79 Å². The molecule has 0 saturated carbocycles.